The minimum atomic E-state index is -1.85. The van der Waals surface area contributed by atoms with Crippen molar-refractivity contribution in [1.82, 2.24) is 5.48 Å². The number of hydrogen-bond acceptors (Lipinski definition) is 5. The number of ether oxygens (including phenoxy) is 3. The van der Waals surface area contributed by atoms with Crippen LogP contribution in [0.4, 0.5) is 0 Å². The Balaban J connectivity index is 0.00000544. The average Bonchev–Trinajstić information content (AvgIpc) is 2.74. The molecule has 10 heteroatoms. The first-order chi connectivity index (χ1) is 15.1. The summed E-state index contributed by atoms with van der Waals surface area (Å²) in [5.41, 5.74) is 5.05. The van der Waals surface area contributed by atoms with E-state index in [1.807, 2.05) is 13.8 Å². The number of hydrogen-bond donors (Lipinski definition) is 2. The summed E-state index contributed by atoms with van der Waals surface area (Å²) in [4.78, 5) is 11.5. The van der Waals surface area contributed by atoms with Crippen LogP contribution in [-0.4, -0.2) is 22.2 Å². The maximum Gasteiger partial charge on any atom is 1.00 e. The van der Waals surface area contributed by atoms with Crippen molar-refractivity contribution < 1.29 is 43.1 Å². The number of amides is 1. The van der Waals surface area contributed by atoms with E-state index < -0.39 is 9.89 Å². The minimum Gasteiger partial charge on any atom is -0.496 e. The zero-order valence-corrected chi connectivity index (χ0v) is 21.1. The summed E-state index contributed by atoms with van der Waals surface area (Å²) in [5.74, 6) is 0.971. The average molecular weight is 508 g/mol. The SMILES string of the molecule is COc1ccc(/C=C/C(=O)NO)c(OCc2ccc(OC(Cl)(Cl)Cl)cc2)c1CC=C(C)C.[Li+]. The van der Waals surface area contributed by atoms with Gasteiger partial charge < -0.3 is 14.2 Å². The van der Waals surface area contributed by atoms with Crippen molar-refractivity contribution in [2.45, 2.75) is 30.9 Å². The van der Waals surface area contributed by atoms with E-state index in [4.69, 9.17) is 54.2 Å². The van der Waals surface area contributed by atoms with Crippen molar-refractivity contribution >= 4 is 46.8 Å². The monoisotopic (exact) mass is 506 g/mol. The Hall–Kier alpha value is -1.78. The molecule has 0 aliphatic heterocycles. The van der Waals surface area contributed by atoms with Gasteiger partial charge in [-0.05, 0) is 91.0 Å². The molecule has 2 rings (SSSR count). The molecule has 6 nitrogen and oxygen atoms in total. The molecule has 0 aliphatic rings. The Labute approximate surface area is 220 Å². The van der Waals surface area contributed by atoms with Crippen molar-refractivity contribution in [2.24, 2.45) is 0 Å². The molecule has 0 saturated heterocycles. The quantitative estimate of drug-likeness (QED) is 0.136. The summed E-state index contributed by atoms with van der Waals surface area (Å²) >= 11 is 16.9. The Bertz CT molecular complexity index is 985. The van der Waals surface area contributed by atoms with Crippen LogP contribution < -0.4 is 38.6 Å². The van der Waals surface area contributed by atoms with Gasteiger partial charge in [0.1, 0.15) is 23.9 Å². The fourth-order valence-corrected chi connectivity index (χ4v) is 3.03. The van der Waals surface area contributed by atoms with E-state index in [0.717, 1.165) is 16.7 Å². The van der Waals surface area contributed by atoms with Crippen LogP contribution in [0.15, 0.2) is 54.1 Å². The van der Waals surface area contributed by atoms with Crippen LogP contribution in [0.2, 0.25) is 0 Å². The minimum absolute atomic E-state index is 0. The van der Waals surface area contributed by atoms with Gasteiger partial charge in [-0.25, -0.2) is 5.48 Å². The molecule has 0 saturated carbocycles. The zero-order chi connectivity index (χ0) is 23.7. The third kappa shape index (κ3) is 9.93. The zero-order valence-electron chi connectivity index (χ0n) is 18.8. The molecule has 0 spiro atoms. The van der Waals surface area contributed by atoms with E-state index in [1.54, 1.807) is 55.1 Å². The van der Waals surface area contributed by atoms with E-state index >= 15 is 0 Å². The molecule has 2 aromatic rings. The van der Waals surface area contributed by atoms with Gasteiger partial charge in [0.2, 0.25) is 0 Å². The van der Waals surface area contributed by atoms with E-state index in [9.17, 15) is 4.79 Å². The fourth-order valence-electron chi connectivity index (χ4n) is 2.77. The number of carbonyl (C=O) groups is 1. The smallest absolute Gasteiger partial charge is 0.496 e. The van der Waals surface area contributed by atoms with Crippen molar-refractivity contribution in [3.05, 3.63) is 70.8 Å². The number of rotatable bonds is 9. The molecule has 0 heterocycles. The molecule has 33 heavy (non-hydrogen) atoms. The third-order valence-corrected chi connectivity index (χ3v) is 4.48. The number of allylic oxidation sites excluding steroid dienone is 2. The normalized spacial score (nSPS) is 10.9. The third-order valence-electron chi connectivity index (χ3n) is 4.25. The number of benzene rings is 2. The molecule has 0 aromatic heterocycles. The molecule has 1 amide bonds. The van der Waals surface area contributed by atoms with E-state index in [1.165, 1.54) is 6.08 Å². The second-order valence-electron chi connectivity index (χ2n) is 6.94. The van der Waals surface area contributed by atoms with Crippen LogP contribution in [0, 0.1) is 0 Å². The van der Waals surface area contributed by atoms with Gasteiger partial charge in [-0.2, -0.15) is 0 Å². The predicted octanol–water partition coefficient (Wildman–Crippen LogP) is 3.01. The van der Waals surface area contributed by atoms with Crippen LogP contribution in [0.25, 0.3) is 6.08 Å². The maximum absolute atomic E-state index is 11.5. The molecule has 0 radical (unpaired) electrons. The number of methoxy groups -OCH3 is 1. The first kappa shape index (κ1) is 29.2. The number of alkyl halides is 3. The topological polar surface area (TPSA) is 77.0 Å². The second kappa shape index (κ2) is 13.8. The molecular formula is C23H24Cl3LiNO5+. The molecule has 2 N–H and O–H groups in total. The van der Waals surface area contributed by atoms with Crippen molar-refractivity contribution in [1.29, 1.82) is 0 Å². The molecule has 0 fully saturated rings. The summed E-state index contributed by atoms with van der Waals surface area (Å²) in [7, 11) is 1.59. The second-order valence-corrected chi connectivity index (χ2v) is 9.12. The predicted molar refractivity (Wildman–Crippen MR) is 127 cm³/mol. The Kier molecular flexibility index (Phi) is 12.2. The Morgan fingerprint density at radius 2 is 1.79 bits per heavy atom. The van der Waals surface area contributed by atoms with Gasteiger partial charge in [-0.1, -0.05) is 23.8 Å². The maximum atomic E-state index is 11.5. The number of carbonyl (C=O) groups excluding carboxylic acids is 1. The van der Waals surface area contributed by atoms with Crippen molar-refractivity contribution in [2.75, 3.05) is 7.11 Å². The number of nitrogens with one attached hydrogen (secondary N) is 1. The number of hydroxylamine groups is 1. The first-order valence-electron chi connectivity index (χ1n) is 9.55. The molecule has 172 valence electrons. The summed E-state index contributed by atoms with van der Waals surface area (Å²) in [5, 5.41) is 8.76. The van der Waals surface area contributed by atoms with E-state index in [0.29, 0.717) is 29.2 Å². The van der Waals surface area contributed by atoms with Crippen LogP contribution in [0.3, 0.4) is 0 Å². The summed E-state index contributed by atoms with van der Waals surface area (Å²) < 4.78 is 15.0. The molecule has 2 aromatic carbocycles. The van der Waals surface area contributed by atoms with Gasteiger partial charge in [-0.3, -0.25) is 10.0 Å². The Morgan fingerprint density at radius 3 is 2.33 bits per heavy atom. The summed E-state index contributed by atoms with van der Waals surface area (Å²) in [6.07, 6.45) is 5.40. The molecule has 0 atom stereocenters. The standard InChI is InChI=1S/C23H24Cl3NO5.Li/c1-15(2)4-11-19-20(30-3)12-7-17(8-13-21(28)27-29)22(19)31-14-16-5-9-18(10-6-16)32-23(24,25)26;/h4-10,12-13,29H,11,14H2,1-3H3,(H,27,28);/q;+1/b13-8+;. The fraction of sp³-hybridized carbons (Fsp3) is 0.261. The molecule has 0 unspecified atom stereocenters. The van der Waals surface area contributed by atoms with Crippen molar-refractivity contribution in [3.63, 3.8) is 0 Å². The van der Waals surface area contributed by atoms with Crippen molar-refractivity contribution in [3.8, 4) is 17.2 Å². The summed E-state index contributed by atoms with van der Waals surface area (Å²) in [6, 6.07) is 10.5. The van der Waals surface area contributed by atoms with Crippen LogP contribution in [0.5, 0.6) is 17.2 Å². The van der Waals surface area contributed by atoms with Gasteiger partial charge in [0.25, 0.3) is 5.91 Å². The van der Waals surface area contributed by atoms with Gasteiger partial charge in [0, 0.05) is 17.2 Å². The van der Waals surface area contributed by atoms with Gasteiger partial charge in [0.05, 0.1) is 7.11 Å². The molecule has 0 bridgehead atoms. The molecule has 0 aliphatic carbocycles. The Morgan fingerprint density at radius 1 is 1.12 bits per heavy atom. The van der Waals surface area contributed by atoms with Crippen LogP contribution in [-0.2, 0) is 17.8 Å². The molecular weight excluding hydrogens is 484 g/mol. The van der Waals surface area contributed by atoms with Gasteiger partial charge in [-0.15, -0.1) is 0 Å². The van der Waals surface area contributed by atoms with Crippen LogP contribution in [0.1, 0.15) is 30.5 Å². The van der Waals surface area contributed by atoms with E-state index in [-0.39, 0.29) is 25.5 Å². The first-order valence-corrected chi connectivity index (χ1v) is 10.7. The van der Waals surface area contributed by atoms with E-state index in [2.05, 4.69) is 6.08 Å². The van der Waals surface area contributed by atoms with Crippen LogP contribution >= 0.6 is 34.8 Å². The largest absolute Gasteiger partial charge is 1.00 e. The van der Waals surface area contributed by atoms with Gasteiger partial charge in [0.15, 0.2) is 0 Å². The summed E-state index contributed by atoms with van der Waals surface area (Å²) in [6.45, 7) is 4.24. The number of halogens is 3. The van der Waals surface area contributed by atoms with Gasteiger partial charge >= 0.3 is 22.8 Å².